The summed E-state index contributed by atoms with van der Waals surface area (Å²) in [5.41, 5.74) is 7.56. The third kappa shape index (κ3) is 6.11. The number of piperidine rings is 1. The number of imidazole rings is 1. The highest BCUT2D eigenvalue weighted by Gasteiger charge is 2.34. The van der Waals surface area contributed by atoms with Crippen LogP contribution in [0.3, 0.4) is 0 Å². The van der Waals surface area contributed by atoms with E-state index in [4.69, 9.17) is 5.73 Å². The molecule has 0 spiro atoms. The van der Waals surface area contributed by atoms with Gasteiger partial charge in [-0.3, -0.25) is 9.13 Å². The number of para-hydroxylation sites is 2. The molecule has 2 heterocycles. The van der Waals surface area contributed by atoms with E-state index in [2.05, 4.69) is 9.62 Å². The van der Waals surface area contributed by atoms with Crippen LogP contribution in [-0.4, -0.2) is 61.4 Å². The highest BCUT2D eigenvalue weighted by Crippen LogP contribution is 2.32. The Labute approximate surface area is 203 Å². The van der Waals surface area contributed by atoms with Crippen LogP contribution in [0.15, 0.2) is 29.1 Å². The fourth-order valence-corrected chi connectivity index (χ4v) is 6.56. The molecule has 0 amide bonds. The topological polar surface area (TPSA) is 102 Å². The number of fused-ring (bicyclic) bond motifs is 1. The molecule has 9 heteroatoms. The number of aromatic nitrogens is 2. The molecule has 0 bridgehead atoms. The lowest BCUT2D eigenvalue weighted by atomic mass is 9.88. The summed E-state index contributed by atoms with van der Waals surface area (Å²) in [6.45, 7) is 4.01. The van der Waals surface area contributed by atoms with Crippen LogP contribution in [0.5, 0.6) is 0 Å². The van der Waals surface area contributed by atoms with Gasteiger partial charge in [0.05, 0.1) is 17.3 Å². The van der Waals surface area contributed by atoms with Crippen LogP contribution in [0.4, 0.5) is 0 Å². The lowest BCUT2D eigenvalue weighted by Gasteiger charge is -2.40. The lowest BCUT2D eigenvalue weighted by Crippen LogP contribution is -2.49. The van der Waals surface area contributed by atoms with Crippen LogP contribution in [0.2, 0.25) is 0 Å². The van der Waals surface area contributed by atoms with Crippen molar-refractivity contribution in [3.63, 3.8) is 0 Å². The largest absolute Gasteiger partial charge is 0.329 e. The van der Waals surface area contributed by atoms with Crippen molar-refractivity contribution in [3.8, 4) is 0 Å². The quantitative estimate of drug-likeness (QED) is 0.591. The van der Waals surface area contributed by atoms with Crippen molar-refractivity contribution in [2.45, 2.75) is 64.0 Å². The Kier molecular flexibility index (Phi) is 8.50. The van der Waals surface area contributed by atoms with E-state index in [0.717, 1.165) is 43.0 Å². The number of rotatable bonds is 8. The zero-order valence-electron chi connectivity index (χ0n) is 20.5. The zero-order valence-corrected chi connectivity index (χ0v) is 21.3. The molecular weight excluding hydrogens is 450 g/mol. The number of sulfonamides is 1. The molecule has 1 aliphatic carbocycles. The van der Waals surface area contributed by atoms with E-state index in [1.807, 2.05) is 28.8 Å². The minimum absolute atomic E-state index is 0.0202. The Hall–Kier alpha value is -1.68. The van der Waals surface area contributed by atoms with Gasteiger partial charge in [-0.25, -0.2) is 17.9 Å². The number of nitrogens with one attached hydrogen (secondary N) is 1. The first-order valence-electron chi connectivity index (χ1n) is 12.9. The Morgan fingerprint density at radius 1 is 1.03 bits per heavy atom. The fourth-order valence-electron chi connectivity index (χ4n) is 6.05. The molecule has 2 aromatic rings. The maximum absolute atomic E-state index is 13.5. The molecule has 1 saturated heterocycles. The van der Waals surface area contributed by atoms with E-state index in [-0.39, 0.29) is 17.6 Å². The molecule has 2 unspecified atom stereocenters. The van der Waals surface area contributed by atoms with Gasteiger partial charge in [0.25, 0.3) is 0 Å². The number of hydrogen-bond acceptors (Lipinski definition) is 5. The summed E-state index contributed by atoms with van der Waals surface area (Å²) in [5, 5.41) is 0. The van der Waals surface area contributed by atoms with Gasteiger partial charge >= 0.3 is 5.69 Å². The molecule has 190 valence electrons. The molecule has 3 N–H and O–H groups in total. The molecule has 1 aromatic heterocycles. The van der Waals surface area contributed by atoms with Crippen molar-refractivity contribution in [1.29, 1.82) is 0 Å². The molecule has 8 nitrogen and oxygen atoms in total. The molecular formula is C25H41N5O3S. The van der Waals surface area contributed by atoms with Gasteiger partial charge in [-0.2, -0.15) is 0 Å². The Morgan fingerprint density at radius 2 is 1.71 bits per heavy atom. The van der Waals surface area contributed by atoms with Gasteiger partial charge < -0.3 is 10.6 Å². The first-order valence-corrected chi connectivity index (χ1v) is 14.8. The monoisotopic (exact) mass is 491 g/mol. The van der Waals surface area contributed by atoms with Crippen molar-refractivity contribution >= 4 is 21.1 Å². The number of hydrogen-bond donors (Lipinski definition) is 2. The molecule has 1 aliphatic heterocycles. The van der Waals surface area contributed by atoms with Crippen LogP contribution >= 0.6 is 0 Å². The third-order valence-electron chi connectivity index (χ3n) is 7.68. The van der Waals surface area contributed by atoms with Gasteiger partial charge in [0.1, 0.15) is 0 Å². The maximum atomic E-state index is 13.5. The maximum Gasteiger partial charge on any atom is 0.329 e. The normalized spacial score (nSPS) is 23.7. The second-order valence-corrected chi connectivity index (χ2v) is 12.1. The number of nitrogens with two attached hydrogens (primary N) is 1. The fraction of sp³-hybridized carbons (Fsp3) is 0.720. The standard InChI is InChI=1S/C25H41N5O3S/c1-34(32,33)27-17-21-19-28(18-20-9-5-3-2-4-6-10-20)15-13-22(21)30-24-12-8-7-11-23(24)29(16-14-26)25(30)31/h7-8,11-12,20-22,27H,2-6,9-10,13-19,26H2,1H3. The minimum Gasteiger partial charge on any atom is -0.329 e. The van der Waals surface area contributed by atoms with Crippen molar-refractivity contribution in [1.82, 2.24) is 18.8 Å². The molecule has 2 fully saturated rings. The molecule has 4 rings (SSSR count). The summed E-state index contributed by atoms with van der Waals surface area (Å²) in [6, 6.07) is 7.80. The summed E-state index contributed by atoms with van der Waals surface area (Å²) >= 11 is 0. The third-order valence-corrected chi connectivity index (χ3v) is 8.37. The van der Waals surface area contributed by atoms with Gasteiger partial charge in [-0.15, -0.1) is 0 Å². The van der Waals surface area contributed by atoms with E-state index in [1.165, 1.54) is 51.2 Å². The molecule has 1 saturated carbocycles. The van der Waals surface area contributed by atoms with Crippen LogP contribution in [0.25, 0.3) is 11.0 Å². The van der Waals surface area contributed by atoms with E-state index < -0.39 is 10.0 Å². The Morgan fingerprint density at radius 3 is 2.38 bits per heavy atom. The number of benzene rings is 1. The predicted octanol–water partition coefficient (Wildman–Crippen LogP) is 2.53. The Balaban J connectivity index is 1.59. The molecule has 2 aliphatic rings. The van der Waals surface area contributed by atoms with Gasteiger partial charge in [-0.05, 0) is 37.3 Å². The average Bonchev–Trinajstić information content (AvgIpc) is 3.05. The van der Waals surface area contributed by atoms with E-state index >= 15 is 0 Å². The summed E-state index contributed by atoms with van der Waals surface area (Å²) in [4.78, 5) is 16.0. The van der Waals surface area contributed by atoms with Crippen molar-refractivity contribution in [2.75, 3.05) is 39.0 Å². The van der Waals surface area contributed by atoms with Crippen molar-refractivity contribution < 1.29 is 8.42 Å². The number of likely N-dealkylation sites (tertiary alicyclic amines) is 1. The number of nitrogens with zero attached hydrogens (tertiary/aromatic N) is 3. The molecule has 34 heavy (non-hydrogen) atoms. The summed E-state index contributed by atoms with van der Waals surface area (Å²) in [7, 11) is -3.32. The van der Waals surface area contributed by atoms with Gasteiger partial charge in [0.15, 0.2) is 0 Å². The van der Waals surface area contributed by atoms with Crippen LogP contribution in [0, 0.1) is 11.8 Å². The summed E-state index contributed by atoms with van der Waals surface area (Å²) < 4.78 is 30.3. The van der Waals surface area contributed by atoms with Crippen LogP contribution in [-0.2, 0) is 16.6 Å². The summed E-state index contributed by atoms with van der Waals surface area (Å²) in [5.74, 6) is 0.737. The SMILES string of the molecule is CS(=O)(=O)NCC1CN(CC2CCCCCCC2)CCC1n1c(=O)n(CCN)c2ccccc21. The summed E-state index contributed by atoms with van der Waals surface area (Å²) in [6.07, 6.45) is 11.3. The molecule has 0 radical (unpaired) electrons. The first kappa shape index (κ1) is 25.4. The predicted molar refractivity (Wildman–Crippen MR) is 137 cm³/mol. The van der Waals surface area contributed by atoms with E-state index in [0.29, 0.717) is 19.6 Å². The van der Waals surface area contributed by atoms with E-state index in [9.17, 15) is 13.2 Å². The van der Waals surface area contributed by atoms with Crippen LogP contribution in [0.1, 0.15) is 57.4 Å². The van der Waals surface area contributed by atoms with Crippen LogP contribution < -0.4 is 16.1 Å². The zero-order chi connectivity index (χ0) is 24.1. The first-order chi connectivity index (χ1) is 16.4. The highest BCUT2D eigenvalue weighted by atomic mass is 32.2. The Bertz CT molecular complexity index is 1100. The lowest BCUT2D eigenvalue weighted by molar-refractivity contribution is 0.103. The van der Waals surface area contributed by atoms with Crippen molar-refractivity contribution in [2.24, 2.45) is 17.6 Å². The van der Waals surface area contributed by atoms with Gasteiger partial charge in [-0.1, -0.05) is 44.2 Å². The average molecular weight is 492 g/mol. The second kappa shape index (κ2) is 11.4. The second-order valence-electron chi connectivity index (χ2n) is 10.3. The molecule has 2 atom stereocenters. The highest BCUT2D eigenvalue weighted by molar-refractivity contribution is 7.88. The van der Waals surface area contributed by atoms with Gasteiger partial charge in [0.2, 0.25) is 10.0 Å². The molecule has 1 aromatic carbocycles. The van der Waals surface area contributed by atoms with Crippen molar-refractivity contribution in [3.05, 3.63) is 34.7 Å². The minimum atomic E-state index is -3.32. The van der Waals surface area contributed by atoms with E-state index in [1.54, 1.807) is 4.57 Å². The smallest absolute Gasteiger partial charge is 0.329 e. The van der Waals surface area contributed by atoms with Gasteiger partial charge in [0, 0.05) is 51.2 Å².